The minimum Gasteiger partial charge on any atom is -0.497 e. The monoisotopic (exact) mass is 343 g/mol. The van der Waals surface area contributed by atoms with Gasteiger partial charge in [-0.2, -0.15) is 5.10 Å². The summed E-state index contributed by atoms with van der Waals surface area (Å²) in [6.07, 6.45) is 1.52. The topological polar surface area (TPSA) is 81.2 Å². The Morgan fingerprint density at radius 3 is 2.12 bits per heavy atom. The third-order valence-electron chi connectivity index (χ3n) is 3.32. The molecule has 1 amide bonds. The standard InChI is InChI=1S/C18H21N3O4/c1-23-15-6-4-14(5-7-15)19-12-18(22)21-20-11-13-8-16(24-2)10-17(9-13)25-3/h4-11,19H,12H2,1-3H3,(H,21,22)/b20-11+. The van der Waals surface area contributed by atoms with Crippen LogP contribution in [0, 0.1) is 0 Å². The molecule has 0 spiro atoms. The lowest BCUT2D eigenvalue weighted by atomic mass is 10.2. The second-order valence-corrected chi connectivity index (χ2v) is 5.02. The van der Waals surface area contributed by atoms with Crippen molar-refractivity contribution < 1.29 is 19.0 Å². The lowest BCUT2D eigenvalue weighted by Crippen LogP contribution is -2.25. The zero-order valence-corrected chi connectivity index (χ0v) is 14.4. The molecule has 0 unspecified atom stereocenters. The zero-order valence-electron chi connectivity index (χ0n) is 14.4. The summed E-state index contributed by atoms with van der Waals surface area (Å²) in [6, 6.07) is 12.6. The number of nitrogens with zero attached hydrogens (tertiary/aromatic N) is 1. The molecule has 0 aliphatic rings. The summed E-state index contributed by atoms with van der Waals surface area (Å²) in [5.74, 6) is 1.79. The molecule has 2 aromatic carbocycles. The molecule has 0 radical (unpaired) electrons. The number of hydrogen-bond acceptors (Lipinski definition) is 6. The van der Waals surface area contributed by atoms with Gasteiger partial charge in [0, 0.05) is 17.3 Å². The van der Waals surface area contributed by atoms with Crippen molar-refractivity contribution in [1.29, 1.82) is 0 Å². The molecule has 0 fully saturated rings. The minimum absolute atomic E-state index is 0.102. The van der Waals surface area contributed by atoms with Gasteiger partial charge in [-0.25, -0.2) is 5.43 Å². The summed E-state index contributed by atoms with van der Waals surface area (Å²) < 4.78 is 15.4. The van der Waals surface area contributed by atoms with E-state index in [4.69, 9.17) is 14.2 Å². The van der Waals surface area contributed by atoms with Gasteiger partial charge < -0.3 is 19.5 Å². The average molecular weight is 343 g/mol. The Hall–Kier alpha value is -3.22. The number of anilines is 1. The predicted octanol–water partition coefficient (Wildman–Crippen LogP) is 2.27. The van der Waals surface area contributed by atoms with E-state index in [1.165, 1.54) is 6.21 Å². The van der Waals surface area contributed by atoms with Crippen LogP contribution in [-0.2, 0) is 4.79 Å². The van der Waals surface area contributed by atoms with Crippen LogP contribution in [0.2, 0.25) is 0 Å². The Bertz CT molecular complexity index is 707. The molecule has 0 aliphatic heterocycles. The summed E-state index contributed by atoms with van der Waals surface area (Å²) in [6.45, 7) is 0.102. The summed E-state index contributed by atoms with van der Waals surface area (Å²) in [5.41, 5.74) is 4.03. The maximum absolute atomic E-state index is 11.8. The fourth-order valence-electron chi connectivity index (χ4n) is 2.01. The Morgan fingerprint density at radius 1 is 0.960 bits per heavy atom. The highest BCUT2D eigenvalue weighted by Crippen LogP contribution is 2.21. The number of carbonyl (C=O) groups is 1. The molecular formula is C18H21N3O4. The van der Waals surface area contributed by atoms with Gasteiger partial charge >= 0.3 is 0 Å². The lowest BCUT2D eigenvalue weighted by Gasteiger charge is -2.07. The average Bonchev–Trinajstić information content (AvgIpc) is 2.66. The third kappa shape index (κ3) is 5.72. The van der Waals surface area contributed by atoms with Crippen LogP contribution in [0.25, 0.3) is 0 Å². The number of hydrazone groups is 1. The van der Waals surface area contributed by atoms with E-state index < -0.39 is 0 Å². The summed E-state index contributed by atoms with van der Waals surface area (Å²) in [5, 5.41) is 6.94. The number of nitrogens with one attached hydrogen (secondary N) is 2. The van der Waals surface area contributed by atoms with Crippen LogP contribution in [-0.4, -0.2) is 40.0 Å². The van der Waals surface area contributed by atoms with Gasteiger partial charge in [0.25, 0.3) is 5.91 Å². The summed E-state index contributed by atoms with van der Waals surface area (Å²) >= 11 is 0. The van der Waals surface area contributed by atoms with Crippen molar-refractivity contribution in [2.75, 3.05) is 33.2 Å². The van der Waals surface area contributed by atoms with Crippen molar-refractivity contribution in [3.63, 3.8) is 0 Å². The van der Waals surface area contributed by atoms with Crippen LogP contribution in [0.1, 0.15) is 5.56 Å². The molecule has 2 N–H and O–H groups in total. The van der Waals surface area contributed by atoms with Gasteiger partial charge in [0.1, 0.15) is 17.2 Å². The zero-order chi connectivity index (χ0) is 18.1. The largest absolute Gasteiger partial charge is 0.497 e. The van der Waals surface area contributed by atoms with E-state index in [0.29, 0.717) is 11.5 Å². The van der Waals surface area contributed by atoms with Crippen molar-refractivity contribution in [2.24, 2.45) is 5.10 Å². The number of amides is 1. The van der Waals surface area contributed by atoms with Gasteiger partial charge in [0.05, 0.1) is 34.1 Å². The molecule has 2 rings (SSSR count). The number of ether oxygens (including phenoxy) is 3. The SMILES string of the molecule is COc1ccc(NCC(=O)N/N=C/c2cc(OC)cc(OC)c2)cc1. The third-order valence-corrected chi connectivity index (χ3v) is 3.32. The molecule has 0 bridgehead atoms. The van der Waals surface area contributed by atoms with E-state index in [9.17, 15) is 4.79 Å². The maximum Gasteiger partial charge on any atom is 0.259 e. The van der Waals surface area contributed by atoms with Crippen LogP contribution >= 0.6 is 0 Å². The first-order valence-corrected chi connectivity index (χ1v) is 7.57. The second-order valence-electron chi connectivity index (χ2n) is 5.02. The molecule has 2 aromatic rings. The Labute approximate surface area is 146 Å². The summed E-state index contributed by atoms with van der Waals surface area (Å²) in [4.78, 5) is 11.8. The van der Waals surface area contributed by atoms with Crippen LogP contribution < -0.4 is 25.0 Å². The van der Waals surface area contributed by atoms with E-state index in [1.54, 1.807) is 39.5 Å². The van der Waals surface area contributed by atoms with Crippen molar-refractivity contribution in [1.82, 2.24) is 5.43 Å². The minimum atomic E-state index is -0.262. The van der Waals surface area contributed by atoms with Crippen LogP contribution in [0.3, 0.4) is 0 Å². The van der Waals surface area contributed by atoms with E-state index in [1.807, 2.05) is 24.3 Å². The number of carbonyl (C=O) groups excluding carboxylic acids is 1. The fourth-order valence-corrected chi connectivity index (χ4v) is 2.01. The molecule has 0 saturated carbocycles. The molecular weight excluding hydrogens is 322 g/mol. The van der Waals surface area contributed by atoms with Gasteiger partial charge in [0.15, 0.2) is 0 Å². The molecule has 0 aliphatic carbocycles. The van der Waals surface area contributed by atoms with E-state index in [0.717, 1.165) is 17.0 Å². The first kappa shape index (κ1) is 18.1. The van der Waals surface area contributed by atoms with E-state index in [-0.39, 0.29) is 12.5 Å². The second kappa shape index (κ2) is 9.17. The quantitative estimate of drug-likeness (QED) is 0.568. The van der Waals surface area contributed by atoms with Crippen molar-refractivity contribution in [2.45, 2.75) is 0 Å². The normalized spacial score (nSPS) is 10.4. The maximum atomic E-state index is 11.8. The van der Waals surface area contributed by atoms with Crippen molar-refractivity contribution >= 4 is 17.8 Å². The predicted molar refractivity (Wildman–Crippen MR) is 96.8 cm³/mol. The van der Waals surface area contributed by atoms with Crippen molar-refractivity contribution in [3.8, 4) is 17.2 Å². The Balaban J connectivity index is 1.85. The Morgan fingerprint density at radius 2 is 1.56 bits per heavy atom. The number of rotatable bonds is 8. The number of hydrogen-bond donors (Lipinski definition) is 2. The molecule has 132 valence electrons. The van der Waals surface area contributed by atoms with Crippen LogP contribution in [0.15, 0.2) is 47.6 Å². The molecule has 0 aromatic heterocycles. The van der Waals surface area contributed by atoms with E-state index in [2.05, 4.69) is 15.8 Å². The first-order valence-electron chi connectivity index (χ1n) is 7.57. The fraction of sp³-hybridized carbons (Fsp3) is 0.222. The van der Waals surface area contributed by atoms with Crippen LogP contribution in [0.5, 0.6) is 17.2 Å². The van der Waals surface area contributed by atoms with Gasteiger partial charge in [-0.1, -0.05) is 0 Å². The number of methoxy groups -OCH3 is 3. The molecule has 0 saturated heterocycles. The van der Waals surface area contributed by atoms with Crippen molar-refractivity contribution in [3.05, 3.63) is 48.0 Å². The smallest absolute Gasteiger partial charge is 0.259 e. The van der Waals surface area contributed by atoms with Gasteiger partial charge in [0.2, 0.25) is 0 Å². The highest BCUT2D eigenvalue weighted by Gasteiger charge is 2.02. The highest BCUT2D eigenvalue weighted by atomic mass is 16.5. The first-order chi connectivity index (χ1) is 12.1. The highest BCUT2D eigenvalue weighted by molar-refractivity contribution is 5.85. The Kier molecular flexibility index (Phi) is 6.65. The molecule has 0 heterocycles. The van der Waals surface area contributed by atoms with E-state index >= 15 is 0 Å². The summed E-state index contributed by atoms with van der Waals surface area (Å²) in [7, 11) is 4.75. The molecule has 0 atom stereocenters. The molecule has 25 heavy (non-hydrogen) atoms. The molecule has 7 heteroatoms. The lowest BCUT2D eigenvalue weighted by molar-refractivity contribution is -0.119. The number of benzene rings is 2. The van der Waals surface area contributed by atoms with Crippen LogP contribution in [0.4, 0.5) is 5.69 Å². The van der Waals surface area contributed by atoms with Gasteiger partial charge in [-0.05, 0) is 36.4 Å². The molecule has 7 nitrogen and oxygen atoms in total. The van der Waals surface area contributed by atoms with Gasteiger partial charge in [-0.3, -0.25) is 4.79 Å². The van der Waals surface area contributed by atoms with Gasteiger partial charge in [-0.15, -0.1) is 0 Å².